The minimum Gasteiger partial charge on any atom is -0.493 e. The maximum absolute atomic E-state index is 12.4. The van der Waals surface area contributed by atoms with Crippen LogP contribution in [0, 0.1) is 0 Å². The largest absolute Gasteiger partial charge is 0.493 e. The van der Waals surface area contributed by atoms with Crippen molar-refractivity contribution in [2.24, 2.45) is 5.73 Å². The lowest BCUT2D eigenvalue weighted by Gasteiger charge is -2.35. The predicted octanol–water partition coefficient (Wildman–Crippen LogP) is 2.40. The van der Waals surface area contributed by atoms with E-state index in [1.807, 2.05) is 23.1 Å². The normalized spacial score (nSPS) is 17.3. The highest BCUT2D eigenvalue weighted by Gasteiger charge is 2.25. The van der Waals surface area contributed by atoms with Gasteiger partial charge in [0.25, 0.3) is 0 Å². The molecular formula is C17H27ClN2O3. The van der Waals surface area contributed by atoms with Gasteiger partial charge in [0, 0.05) is 25.6 Å². The van der Waals surface area contributed by atoms with Crippen LogP contribution in [0.1, 0.15) is 31.2 Å². The lowest BCUT2D eigenvalue weighted by molar-refractivity contribution is -0.134. The number of carbonyl (C=O) groups excluding carboxylic acids is 1. The van der Waals surface area contributed by atoms with Gasteiger partial charge in [0.2, 0.25) is 5.91 Å². The first-order valence-electron chi connectivity index (χ1n) is 7.90. The summed E-state index contributed by atoms with van der Waals surface area (Å²) >= 11 is 0. The van der Waals surface area contributed by atoms with Gasteiger partial charge < -0.3 is 20.1 Å². The molecule has 1 fully saturated rings. The first-order chi connectivity index (χ1) is 10.7. The number of benzene rings is 1. The van der Waals surface area contributed by atoms with Crippen LogP contribution >= 0.6 is 12.4 Å². The Bertz CT molecular complexity index is 511. The number of piperidine rings is 1. The van der Waals surface area contributed by atoms with Crippen LogP contribution in [0.5, 0.6) is 11.5 Å². The van der Waals surface area contributed by atoms with Crippen molar-refractivity contribution in [1.82, 2.24) is 4.90 Å². The molecule has 0 spiro atoms. The van der Waals surface area contributed by atoms with E-state index >= 15 is 0 Å². The maximum Gasteiger partial charge on any atom is 0.223 e. The van der Waals surface area contributed by atoms with E-state index in [1.165, 1.54) is 6.42 Å². The number of carbonyl (C=O) groups is 1. The lowest BCUT2D eigenvalue weighted by atomic mass is 10.0. The Hall–Kier alpha value is -1.46. The number of methoxy groups -OCH3 is 2. The van der Waals surface area contributed by atoms with Crippen molar-refractivity contribution in [1.29, 1.82) is 0 Å². The van der Waals surface area contributed by atoms with Crippen LogP contribution in [-0.2, 0) is 11.2 Å². The number of hydrogen-bond acceptors (Lipinski definition) is 4. The zero-order valence-corrected chi connectivity index (χ0v) is 14.7. The molecule has 23 heavy (non-hydrogen) atoms. The summed E-state index contributed by atoms with van der Waals surface area (Å²) in [5, 5.41) is 0. The van der Waals surface area contributed by atoms with Gasteiger partial charge in [-0.25, -0.2) is 0 Å². The van der Waals surface area contributed by atoms with E-state index in [2.05, 4.69) is 0 Å². The van der Waals surface area contributed by atoms with Gasteiger partial charge >= 0.3 is 0 Å². The zero-order valence-electron chi connectivity index (χ0n) is 13.9. The average Bonchev–Trinajstić information content (AvgIpc) is 2.59. The number of amides is 1. The number of ether oxygens (including phenoxy) is 2. The Morgan fingerprint density at radius 1 is 1.26 bits per heavy atom. The molecule has 1 atom stereocenters. The fourth-order valence-electron chi connectivity index (χ4n) is 3.00. The van der Waals surface area contributed by atoms with Crippen LogP contribution in [0.2, 0.25) is 0 Å². The van der Waals surface area contributed by atoms with Gasteiger partial charge in [-0.05, 0) is 43.4 Å². The number of nitrogens with zero attached hydrogens (tertiary/aromatic N) is 1. The highest BCUT2D eigenvalue weighted by atomic mass is 35.5. The third-order valence-corrected chi connectivity index (χ3v) is 4.30. The molecule has 1 heterocycles. The number of aryl methyl sites for hydroxylation is 1. The summed E-state index contributed by atoms with van der Waals surface area (Å²) in [7, 11) is 3.23. The number of likely N-dealkylation sites (tertiary alicyclic amines) is 1. The summed E-state index contributed by atoms with van der Waals surface area (Å²) in [4.78, 5) is 14.4. The molecule has 0 radical (unpaired) electrons. The van der Waals surface area contributed by atoms with Crippen LogP contribution in [0.4, 0.5) is 0 Å². The summed E-state index contributed by atoms with van der Waals surface area (Å²) in [5.41, 5.74) is 6.86. The van der Waals surface area contributed by atoms with Gasteiger partial charge in [-0.3, -0.25) is 4.79 Å². The fraction of sp³-hybridized carbons (Fsp3) is 0.588. The van der Waals surface area contributed by atoms with E-state index in [4.69, 9.17) is 15.2 Å². The molecule has 2 rings (SSSR count). The quantitative estimate of drug-likeness (QED) is 0.862. The summed E-state index contributed by atoms with van der Waals surface area (Å²) in [6, 6.07) is 6.00. The van der Waals surface area contributed by atoms with E-state index in [-0.39, 0.29) is 24.4 Å². The molecule has 0 bridgehead atoms. The van der Waals surface area contributed by atoms with E-state index in [0.29, 0.717) is 30.9 Å². The van der Waals surface area contributed by atoms with Gasteiger partial charge in [0.05, 0.1) is 14.2 Å². The molecule has 130 valence electrons. The van der Waals surface area contributed by atoms with Crippen molar-refractivity contribution in [3.05, 3.63) is 23.8 Å². The second-order valence-electron chi connectivity index (χ2n) is 5.66. The third kappa shape index (κ3) is 5.01. The SMILES string of the molecule is COc1ccc(CCC(=O)N2CCCCC2CN)cc1OC.Cl. The minimum atomic E-state index is 0. The van der Waals surface area contributed by atoms with Crippen molar-refractivity contribution in [3.63, 3.8) is 0 Å². The van der Waals surface area contributed by atoms with E-state index < -0.39 is 0 Å². The summed E-state index contributed by atoms with van der Waals surface area (Å²) in [6.07, 6.45) is 4.48. The van der Waals surface area contributed by atoms with E-state index in [0.717, 1.165) is 24.9 Å². The topological polar surface area (TPSA) is 64.8 Å². The van der Waals surface area contributed by atoms with Crippen LogP contribution in [0.15, 0.2) is 18.2 Å². The fourth-order valence-corrected chi connectivity index (χ4v) is 3.00. The van der Waals surface area contributed by atoms with Crippen molar-refractivity contribution in [2.45, 2.75) is 38.1 Å². The summed E-state index contributed by atoms with van der Waals surface area (Å²) < 4.78 is 10.5. The molecule has 1 saturated heterocycles. The Morgan fingerprint density at radius 2 is 2.00 bits per heavy atom. The molecule has 1 aliphatic rings. The first-order valence-corrected chi connectivity index (χ1v) is 7.90. The van der Waals surface area contributed by atoms with E-state index in [9.17, 15) is 4.79 Å². The summed E-state index contributed by atoms with van der Waals surface area (Å²) in [5.74, 6) is 1.60. The van der Waals surface area contributed by atoms with Crippen LogP contribution < -0.4 is 15.2 Å². The Balaban J connectivity index is 0.00000264. The Morgan fingerprint density at radius 3 is 2.65 bits per heavy atom. The standard InChI is InChI=1S/C17H26N2O3.ClH/c1-21-15-8-6-13(11-16(15)22-2)7-9-17(20)19-10-4-3-5-14(19)12-18;/h6,8,11,14H,3-5,7,9-10,12,18H2,1-2H3;1H. The predicted molar refractivity (Wildman–Crippen MR) is 93.5 cm³/mol. The molecule has 1 amide bonds. The average molecular weight is 343 g/mol. The van der Waals surface area contributed by atoms with E-state index in [1.54, 1.807) is 14.2 Å². The van der Waals surface area contributed by atoms with Crippen molar-refractivity contribution in [2.75, 3.05) is 27.3 Å². The molecule has 6 heteroatoms. The number of halogens is 1. The molecule has 5 nitrogen and oxygen atoms in total. The Labute approximate surface area is 144 Å². The second kappa shape index (κ2) is 9.63. The number of nitrogens with two attached hydrogens (primary N) is 1. The Kier molecular flexibility index (Phi) is 8.20. The van der Waals surface area contributed by atoms with Crippen molar-refractivity contribution < 1.29 is 14.3 Å². The minimum absolute atomic E-state index is 0. The van der Waals surface area contributed by atoms with Gasteiger partial charge in [-0.1, -0.05) is 6.07 Å². The highest BCUT2D eigenvalue weighted by molar-refractivity contribution is 5.85. The molecule has 0 aliphatic carbocycles. The molecule has 0 aromatic heterocycles. The molecule has 1 aromatic rings. The van der Waals surface area contributed by atoms with Gasteiger partial charge in [0.15, 0.2) is 11.5 Å². The number of rotatable bonds is 6. The number of hydrogen-bond donors (Lipinski definition) is 1. The smallest absolute Gasteiger partial charge is 0.223 e. The molecule has 0 saturated carbocycles. The molecular weight excluding hydrogens is 316 g/mol. The highest BCUT2D eigenvalue weighted by Crippen LogP contribution is 2.28. The van der Waals surface area contributed by atoms with Crippen molar-refractivity contribution in [3.8, 4) is 11.5 Å². The monoisotopic (exact) mass is 342 g/mol. The molecule has 1 unspecified atom stereocenters. The van der Waals surface area contributed by atoms with Crippen molar-refractivity contribution >= 4 is 18.3 Å². The van der Waals surface area contributed by atoms with Gasteiger partial charge in [0.1, 0.15) is 0 Å². The van der Waals surface area contributed by atoms with Crippen LogP contribution in [0.3, 0.4) is 0 Å². The molecule has 1 aromatic carbocycles. The third-order valence-electron chi connectivity index (χ3n) is 4.30. The molecule has 2 N–H and O–H groups in total. The summed E-state index contributed by atoms with van der Waals surface area (Å²) in [6.45, 7) is 1.40. The van der Waals surface area contributed by atoms with Gasteiger partial charge in [-0.2, -0.15) is 0 Å². The maximum atomic E-state index is 12.4. The van der Waals surface area contributed by atoms with Crippen LogP contribution in [0.25, 0.3) is 0 Å². The van der Waals surface area contributed by atoms with Crippen LogP contribution in [-0.4, -0.2) is 44.2 Å². The second-order valence-corrected chi connectivity index (χ2v) is 5.66. The first kappa shape index (κ1) is 19.6. The molecule has 1 aliphatic heterocycles. The zero-order chi connectivity index (χ0) is 15.9. The lowest BCUT2D eigenvalue weighted by Crippen LogP contribution is -2.47. The van der Waals surface area contributed by atoms with Gasteiger partial charge in [-0.15, -0.1) is 12.4 Å².